The highest BCUT2D eigenvalue weighted by molar-refractivity contribution is 9.18. The number of hydrogen-bond donors (Lipinski definition) is 1. The fourth-order valence-electron chi connectivity index (χ4n) is 0.187. The summed E-state index contributed by atoms with van der Waals surface area (Å²) < 4.78 is 4.66. The molecule has 48 valence electrons. The van der Waals surface area contributed by atoms with Crippen LogP contribution in [0.5, 0.6) is 0 Å². The molecule has 0 bridgehead atoms. The van der Waals surface area contributed by atoms with Crippen LogP contribution in [0.4, 0.5) is 0 Å². The largest absolute Gasteiger partial charge is 0.475 e. The Balaban J connectivity index is 3.26. The monoisotopic (exact) mass is 180 g/mol. The highest BCUT2D eigenvalue weighted by Gasteiger charge is 1.83. The summed E-state index contributed by atoms with van der Waals surface area (Å²) in [5.74, 6) is 0. The molecule has 0 fully saturated rings. The smallest absolute Gasteiger partial charge is 0.275 e. The summed E-state index contributed by atoms with van der Waals surface area (Å²) in [5.41, 5.74) is 2.72. The zero-order valence-corrected chi connectivity index (χ0v) is 6.53. The van der Waals surface area contributed by atoms with Crippen molar-refractivity contribution in [1.82, 2.24) is 5.43 Å². The molecule has 0 aliphatic heterocycles. The maximum atomic E-state index is 4.66. The van der Waals surface area contributed by atoms with Crippen molar-refractivity contribution in [3.8, 4) is 0 Å². The van der Waals surface area contributed by atoms with Crippen molar-refractivity contribution in [3.63, 3.8) is 0 Å². The Hall–Kier alpha value is -0.250. The lowest BCUT2D eigenvalue weighted by Crippen LogP contribution is -2.06. The Morgan fingerprint density at radius 2 is 2.50 bits per heavy atom. The number of hydrazone groups is 1. The molecule has 0 saturated carbocycles. The van der Waals surface area contributed by atoms with Gasteiger partial charge in [-0.05, 0) is 6.92 Å². The van der Waals surface area contributed by atoms with E-state index in [0.29, 0.717) is 4.81 Å². The van der Waals surface area contributed by atoms with Gasteiger partial charge in [-0.2, -0.15) is 0 Å². The van der Waals surface area contributed by atoms with E-state index in [9.17, 15) is 0 Å². The summed E-state index contributed by atoms with van der Waals surface area (Å²) in [7, 11) is 1.55. The quantitative estimate of drug-likeness (QED) is 0.390. The van der Waals surface area contributed by atoms with Crippen LogP contribution in [0.3, 0.4) is 0 Å². The van der Waals surface area contributed by atoms with E-state index in [1.54, 1.807) is 7.11 Å². The van der Waals surface area contributed by atoms with Gasteiger partial charge in [-0.3, -0.25) is 0 Å². The molecular formula is C4H9BrN2O. The van der Waals surface area contributed by atoms with Gasteiger partial charge in [0.05, 0.1) is 7.11 Å². The summed E-state index contributed by atoms with van der Waals surface area (Å²) in [4.78, 5) is 0.472. The maximum absolute atomic E-state index is 4.66. The van der Waals surface area contributed by atoms with Crippen molar-refractivity contribution in [2.24, 2.45) is 5.10 Å². The molecule has 0 radical (unpaired) electrons. The molecule has 4 heteroatoms. The minimum atomic E-state index is 0.472. The molecule has 0 amide bonds. The Bertz CT molecular complexity index is 84.1. The van der Waals surface area contributed by atoms with Crippen molar-refractivity contribution in [3.05, 3.63) is 0 Å². The maximum Gasteiger partial charge on any atom is 0.275 e. The minimum absolute atomic E-state index is 0.472. The third-order valence-corrected chi connectivity index (χ3v) is 0.995. The Morgan fingerprint density at radius 3 is 2.88 bits per heavy atom. The van der Waals surface area contributed by atoms with E-state index in [1.807, 2.05) is 6.92 Å². The van der Waals surface area contributed by atoms with Crippen LogP contribution >= 0.6 is 15.9 Å². The summed E-state index contributed by atoms with van der Waals surface area (Å²) in [5, 5.41) is 3.72. The standard InChI is InChI=1S/C4H9BrN2O/c1-3-6-7-4(5)8-2/h6H,3H2,1-2H3/b7-4-. The SMILES string of the molecule is CCN/N=C(/Br)OC. The second kappa shape index (κ2) is 4.90. The number of nitrogens with zero attached hydrogens (tertiary/aromatic N) is 1. The molecule has 0 spiro atoms. The van der Waals surface area contributed by atoms with Gasteiger partial charge in [-0.15, -0.1) is 5.10 Å². The van der Waals surface area contributed by atoms with Gasteiger partial charge >= 0.3 is 0 Å². The van der Waals surface area contributed by atoms with Crippen molar-refractivity contribution >= 4 is 20.7 Å². The van der Waals surface area contributed by atoms with Crippen LogP contribution in [-0.2, 0) is 4.74 Å². The summed E-state index contributed by atoms with van der Waals surface area (Å²) >= 11 is 3.04. The molecule has 0 heterocycles. The number of ether oxygens (including phenoxy) is 1. The lowest BCUT2D eigenvalue weighted by atomic mass is 10.8. The third kappa shape index (κ3) is 3.92. The van der Waals surface area contributed by atoms with Gasteiger partial charge in [0, 0.05) is 22.5 Å². The fourth-order valence-corrected chi connectivity index (χ4v) is 0.312. The van der Waals surface area contributed by atoms with E-state index in [2.05, 4.69) is 31.2 Å². The summed E-state index contributed by atoms with van der Waals surface area (Å²) in [6.07, 6.45) is 0. The lowest BCUT2D eigenvalue weighted by molar-refractivity contribution is 0.412. The van der Waals surface area contributed by atoms with Crippen LogP contribution in [0.1, 0.15) is 6.92 Å². The van der Waals surface area contributed by atoms with E-state index in [0.717, 1.165) is 6.54 Å². The Labute approximate surface area is 57.2 Å². The predicted molar refractivity (Wildman–Crippen MR) is 37.0 cm³/mol. The van der Waals surface area contributed by atoms with Crippen LogP contribution in [0.15, 0.2) is 5.10 Å². The number of hydrogen-bond acceptors (Lipinski definition) is 3. The molecule has 0 unspecified atom stereocenters. The van der Waals surface area contributed by atoms with Crippen molar-refractivity contribution in [1.29, 1.82) is 0 Å². The van der Waals surface area contributed by atoms with E-state index in [-0.39, 0.29) is 0 Å². The molecule has 0 aromatic heterocycles. The highest BCUT2D eigenvalue weighted by Crippen LogP contribution is 1.86. The van der Waals surface area contributed by atoms with Gasteiger partial charge in [0.2, 0.25) is 0 Å². The van der Waals surface area contributed by atoms with Crippen LogP contribution in [0.25, 0.3) is 0 Å². The van der Waals surface area contributed by atoms with Crippen molar-refractivity contribution in [2.45, 2.75) is 6.92 Å². The first kappa shape index (κ1) is 7.75. The number of methoxy groups -OCH3 is 1. The zero-order valence-electron chi connectivity index (χ0n) is 4.94. The molecule has 1 N–H and O–H groups in total. The van der Waals surface area contributed by atoms with E-state index in [4.69, 9.17) is 0 Å². The van der Waals surface area contributed by atoms with Crippen molar-refractivity contribution < 1.29 is 4.74 Å². The molecule has 0 saturated heterocycles. The highest BCUT2D eigenvalue weighted by atomic mass is 79.9. The first-order valence-corrected chi connectivity index (χ1v) is 3.10. The normalized spacial score (nSPS) is 11.1. The molecule has 0 rings (SSSR count). The predicted octanol–water partition coefficient (Wildman–Crippen LogP) is 0.908. The second-order valence-corrected chi connectivity index (χ2v) is 1.76. The first-order valence-electron chi connectivity index (χ1n) is 2.31. The topological polar surface area (TPSA) is 33.6 Å². The Morgan fingerprint density at radius 1 is 1.88 bits per heavy atom. The summed E-state index contributed by atoms with van der Waals surface area (Å²) in [6, 6.07) is 0. The van der Waals surface area contributed by atoms with Crippen LogP contribution < -0.4 is 5.43 Å². The van der Waals surface area contributed by atoms with Gasteiger partial charge in [0.25, 0.3) is 4.81 Å². The van der Waals surface area contributed by atoms with Crippen molar-refractivity contribution in [2.75, 3.05) is 13.7 Å². The van der Waals surface area contributed by atoms with Gasteiger partial charge < -0.3 is 10.2 Å². The van der Waals surface area contributed by atoms with Gasteiger partial charge in [0.15, 0.2) is 0 Å². The first-order chi connectivity index (χ1) is 3.81. The molecule has 0 atom stereocenters. The molecule has 0 aliphatic rings. The van der Waals surface area contributed by atoms with Crippen LogP contribution in [0.2, 0.25) is 0 Å². The van der Waals surface area contributed by atoms with Gasteiger partial charge in [0.1, 0.15) is 0 Å². The van der Waals surface area contributed by atoms with E-state index >= 15 is 0 Å². The molecule has 3 nitrogen and oxygen atoms in total. The number of nitrogens with one attached hydrogen (secondary N) is 1. The average Bonchev–Trinajstić information content (AvgIpc) is 1.83. The molecule has 0 aromatic carbocycles. The summed E-state index contributed by atoms with van der Waals surface area (Å²) in [6.45, 7) is 2.76. The van der Waals surface area contributed by atoms with E-state index < -0.39 is 0 Å². The number of halogens is 1. The number of rotatable bonds is 2. The molecule has 0 aliphatic carbocycles. The van der Waals surface area contributed by atoms with Crippen LogP contribution in [-0.4, -0.2) is 18.5 Å². The molecule has 0 aromatic rings. The average molecular weight is 181 g/mol. The second-order valence-electron chi connectivity index (χ2n) is 1.08. The van der Waals surface area contributed by atoms with E-state index in [1.165, 1.54) is 0 Å². The molecule has 8 heavy (non-hydrogen) atoms. The Kier molecular flexibility index (Phi) is 4.75. The fraction of sp³-hybridized carbons (Fsp3) is 0.750. The third-order valence-electron chi connectivity index (χ3n) is 0.494. The van der Waals surface area contributed by atoms with Gasteiger partial charge in [-0.1, -0.05) is 0 Å². The zero-order chi connectivity index (χ0) is 6.41. The van der Waals surface area contributed by atoms with Gasteiger partial charge in [-0.25, -0.2) is 0 Å². The molecular weight excluding hydrogens is 172 g/mol. The minimum Gasteiger partial charge on any atom is -0.475 e. The van der Waals surface area contributed by atoms with Crippen LogP contribution in [0, 0.1) is 0 Å². The lowest BCUT2D eigenvalue weighted by Gasteiger charge is -1.94.